The van der Waals surface area contributed by atoms with Gasteiger partial charge in [0.05, 0.1) is 23.6 Å². The lowest BCUT2D eigenvalue weighted by atomic mass is 10.1. The van der Waals surface area contributed by atoms with Gasteiger partial charge in [-0.2, -0.15) is 9.65 Å². The van der Waals surface area contributed by atoms with E-state index in [2.05, 4.69) is 4.98 Å². The summed E-state index contributed by atoms with van der Waals surface area (Å²) in [4.78, 5) is 2.94. The maximum atomic E-state index is 13.1. The smallest absolute Gasteiger partial charge is 0.227 e. The van der Waals surface area contributed by atoms with Crippen LogP contribution in [-0.2, 0) is 6.42 Å². The van der Waals surface area contributed by atoms with Crippen molar-refractivity contribution >= 4 is 0 Å². The molecule has 0 N–H and O–H groups in total. The van der Waals surface area contributed by atoms with Crippen molar-refractivity contribution in [1.82, 2.24) is 4.98 Å². The molecule has 0 aliphatic heterocycles. The van der Waals surface area contributed by atoms with Crippen LogP contribution in [0.4, 0.5) is 17.6 Å². The van der Waals surface area contributed by atoms with E-state index in [4.69, 9.17) is 5.26 Å². The SMILES string of the molecule is N#CCc1c(F)ncc(C(F)F)c1F. The molecule has 0 unspecified atom stereocenters. The molecule has 0 radical (unpaired) electrons. The van der Waals surface area contributed by atoms with Crippen molar-refractivity contribution in [2.75, 3.05) is 0 Å². The molecule has 0 saturated heterocycles. The standard InChI is InChI=1S/C8H4F4N2/c9-6-4(1-2-13)8(12)14-3-5(6)7(10)11/h3,7H,1H2. The van der Waals surface area contributed by atoms with Gasteiger partial charge in [0.2, 0.25) is 5.95 Å². The van der Waals surface area contributed by atoms with E-state index in [0.29, 0.717) is 6.20 Å². The summed E-state index contributed by atoms with van der Waals surface area (Å²) in [5.74, 6) is -2.62. The number of pyridine rings is 1. The highest BCUT2D eigenvalue weighted by molar-refractivity contribution is 5.25. The number of halogens is 4. The van der Waals surface area contributed by atoms with Gasteiger partial charge in [-0.15, -0.1) is 0 Å². The third-order valence-corrected chi connectivity index (χ3v) is 1.58. The molecule has 2 nitrogen and oxygen atoms in total. The van der Waals surface area contributed by atoms with Gasteiger partial charge in [0.25, 0.3) is 6.43 Å². The molecule has 1 heterocycles. The fourth-order valence-corrected chi connectivity index (χ4v) is 0.907. The number of nitrogens with zero attached hydrogens (tertiary/aromatic N) is 2. The minimum absolute atomic E-state index is 0.427. The van der Waals surface area contributed by atoms with Crippen LogP contribution in [0, 0.1) is 23.1 Å². The summed E-state index contributed by atoms with van der Waals surface area (Å²) >= 11 is 0. The third kappa shape index (κ3) is 1.82. The molecule has 74 valence electrons. The predicted molar refractivity (Wildman–Crippen MR) is 38.4 cm³/mol. The van der Waals surface area contributed by atoms with Crippen molar-refractivity contribution in [3.8, 4) is 6.07 Å². The average molecular weight is 204 g/mol. The van der Waals surface area contributed by atoms with Crippen LogP contribution in [0.3, 0.4) is 0 Å². The van der Waals surface area contributed by atoms with Gasteiger partial charge in [-0.25, -0.2) is 18.2 Å². The molecular weight excluding hydrogens is 200 g/mol. The monoisotopic (exact) mass is 204 g/mol. The number of hydrogen-bond donors (Lipinski definition) is 0. The van der Waals surface area contributed by atoms with E-state index in [9.17, 15) is 17.6 Å². The van der Waals surface area contributed by atoms with Crippen LogP contribution < -0.4 is 0 Å². The molecule has 0 spiro atoms. The topological polar surface area (TPSA) is 36.7 Å². The first-order valence-corrected chi connectivity index (χ1v) is 3.55. The first-order chi connectivity index (χ1) is 6.57. The average Bonchev–Trinajstić information content (AvgIpc) is 2.11. The van der Waals surface area contributed by atoms with Crippen LogP contribution in [0.2, 0.25) is 0 Å². The molecule has 0 aromatic carbocycles. The molecule has 0 aliphatic rings. The zero-order valence-electron chi connectivity index (χ0n) is 6.77. The fourth-order valence-electron chi connectivity index (χ4n) is 0.907. The van der Waals surface area contributed by atoms with E-state index in [-0.39, 0.29) is 0 Å². The van der Waals surface area contributed by atoms with Gasteiger partial charge < -0.3 is 0 Å². The largest absolute Gasteiger partial charge is 0.268 e. The van der Waals surface area contributed by atoms with Crippen molar-refractivity contribution in [2.24, 2.45) is 0 Å². The lowest BCUT2D eigenvalue weighted by molar-refractivity contribution is 0.145. The highest BCUT2D eigenvalue weighted by Gasteiger charge is 2.20. The molecule has 0 saturated carbocycles. The molecule has 0 fully saturated rings. The van der Waals surface area contributed by atoms with E-state index < -0.39 is 35.7 Å². The first kappa shape index (κ1) is 10.4. The lowest BCUT2D eigenvalue weighted by Gasteiger charge is -2.04. The summed E-state index contributed by atoms with van der Waals surface area (Å²) < 4.78 is 50.0. The summed E-state index contributed by atoms with van der Waals surface area (Å²) in [6, 6.07) is 1.47. The Bertz CT molecular complexity index is 384. The van der Waals surface area contributed by atoms with Crippen LogP contribution in [0.1, 0.15) is 17.6 Å². The van der Waals surface area contributed by atoms with Crippen molar-refractivity contribution in [3.63, 3.8) is 0 Å². The van der Waals surface area contributed by atoms with Gasteiger partial charge in [-0.1, -0.05) is 0 Å². The van der Waals surface area contributed by atoms with Gasteiger partial charge in [0, 0.05) is 6.20 Å². The number of rotatable bonds is 2. The van der Waals surface area contributed by atoms with Gasteiger partial charge in [-0.3, -0.25) is 0 Å². The molecular formula is C8H4F4N2. The highest BCUT2D eigenvalue weighted by atomic mass is 19.3. The Kier molecular flexibility index (Phi) is 3.02. The Balaban J connectivity index is 3.27. The number of aromatic nitrogens is 1. The molecule has 14 heavy (non-hydrogen) atoms. The van der Waals surface area contributed by atoms with Crippen LogP contribution >= 0.6 is 0 Å². The molecule has 0 atom stereocenters. The molecule has 0 amide bonds. The molecule has 0 bridgehead atoms. The quantitative estimate of drug-likeness (QED) is 0.547. The summed E-state index contributed by atoms with van der Waals surface area (Å²) in [6.07, 6.45) is -3.26. The molecule has 1 rings (SSSR count). The zero-order valence-corrected chi connectivity index (χ0v) is 6.77. The summed E-state index contributed by atoms with van der Waals surface area (Å²) in [6.45, 7) is 0. The molecule has 6 heteroatoms. The van der Waals surface area contributed by atoms with Gasteiger partial charge in [0.15, 0.2) is 0 Å². The van der Waals surface area contributed by atoms with Crippen LogP contribution in [0.15, 0.2) is 6.20 Å². The predicted octanol–water partition coefficient (Wildman–Crippen LogP) is 2.36. The van der Waals surface area contributed by atoms with E-state index in [1.54, 1.807) is 0 Å². The fraction of sp³-hybridized carbons (Fsp3) is 0.250. The summed E-state index contributed by atoms with van der Waals surface area (Å²) in [7, 11) is 0. The van der Waals surface area contributed by atoms with Crippen molar-refractivity contribution in [1.29, 1.82) is 5.26 Å². The van der Waals surface area contributed by atoms with E-state index in [1.165, 1.54) is 6.07 Å². The van der Waals surface area contributed by atoms with Gasteiger partial charge >= 0.3 is 0 Å². The Morgan fingerprint density at radius 3 is 2.57 bits per heavy atom. The van der Waals surface area contributed by atoms with E-state index in [0.717, 1.165) is 0 Å². The Morgan fingerprint density at radius 2 is 2.07 bits per heavy atom. The van der Waals surface area contributed by atoms with E-state index >= 15 is 0 Å². The van der Waals surface area contributed by atoms with Gasteiger partial charge in [-0.05, 0) is 0 Å². The summed E-state index contributed by atoms with van der Waals surface area (Å²) in [5, 5.41) is 8.20. The van der Waals surface area contributed by atoms with Gasteiger partial charge in [0.1, 0.15) is 5.82 Å². The second kappa shape index (κ2) is 4.05. The number of hydrogen-bond acceptors (Lipinski definition) is 2. The minimum atomic E-state index is -3.07. The second-order valence-electron chi connectivity index (χ2n) is 2.43. The maximum Gasteiger partial charge on any atom is 0.268 e. The van der Waals surface area contributed by atoms with Crippen LogP contribution in [-0.4, -0.2) is 4.98 Å². The molecule has 1 aromatic heterocycles. The lowest BCUT2D eigenvalue weighted by Crippen LogP contribution is -2.03. The minimum Gasteiger partial charge on any atom is -0.227 e. The maximum absolute atomic E-state index is 13.1. The molecule has 1 aromatic rings. The Labute approximate surface area is 76.8 Å². The number of alkyl halides is 2. The summed E-state index contributed by atoms with van der Waals surface area (Å²) in [5.41, 5.74) is -1.71. The Morgan fingerprint density at radius 1 is 1.43 bits per heavy atom. The number of nitriles is 1. The normalized spacial score (nSPS) is 10.3. The zero-order chi connectivity index (χ0) is 10.7. The van der Waals surface area contributed by atoms with E-state index in [1.807, 2.05) is 0 Å². The van der Waals surface area contributed by atoms with Crippen molar-refractivity contribution in [2.45, 2.75) is 12.8 Å². The first-order valence-electron chi connectivity index (χ1n) is 3.55. The van der Waals surface area contributed by atoms with Crippen molar-refractivity contribution in [3.05, 3.63) is 29.1 Å². The molecule has 0 aliphatic carbocycles. The third-order valence-electron chi connectivity index (χ3n) is 1.58. The van der Waals surface area contributed by atoms with Crippen molar-refractivity contribution < 1.29 is 17.6 Å². The Hall–Kier alpha value is -1.64. The highest BCUT2D eigenvalue weighted by Crippen LogP contribution is 2.24. The van der Waals surface area contributed by atoms with Crippen LogP contribution in [0.5, 0.6) is 0 Å². The second-order valence-corrected chi connectivity index (χ2v) is 2.43. The van der Waals surface area contributed by atoms with Crippen LogP contribution in [0.25, 0.3) is 0 Å².